The molecule has 0 bridgehead atoms. The van der Waals surface area contributed by atoms with Crippen LogP contribution in [0.2, 0.25) is 0 Å². The molecule has 0 radical (unpaired) electrons. The van der Waals surface area contributed by atoms with E-state index in [1.54, 1.807) is 0 Å². The van der Waals surface area contributed by atoms with Gasteiger partial charge in [-0.1, -0.05) is 31.5 Å². The van der Waals surface area contributed by atoms with Crippen molar-refractivity contribution in [2.75, 3.05) is 6.61 Å². The first-order valence-electron chi connectivity index (χ1n) is 5.48. The van der Waals surface area contributed by atoms with Gasteiger partial charge in [-0.2, -0.15) is 0 Å². The molecule has 0 saturated heterocycles. The Bertz CT molecular complexity index is 484. The zero-order chi connectivity index (χ0) is 11.8. The van der Waals surface area contributed by atoms with Gasteiger partial charge in [0.25, 0.3) is 0 Å². The molecule has 0 fully saturated rings. The maximum Gasteiger partial charge on any atom is 0.193 e. The van der Waals surface area contributed by atoms with Crippen molar-refractivity contribution in [3.63, 3.8) is 0 Å². The minimum atomic E-state index is -2.62. The molecule has 3 nitrogen and oxygen atoms in total. The molecule has 1 aromatic rings. The van der Waals surface area contributed by atoms with Crippen LogP contribution >= 0.6 is 0 Å². The van der Waals surface area contributed by atoms with Crippen molar-refractivity contribution in [2.24, 2.45) is 10.3 Å². The van der Waals surface area contributed by atoms with Crippen molar-refractivity contribution in [1.82, 2.24) is 0 Å². The SMILES string of the molecule is Cc1ccc(S2(=O)=N[C@H](C(C)C)CO2)cc1. The predicted octanol–water partition coefficient (Wildman–Crippen LogP) is 2.79. The van der Waals surface area contributed by atoms with Crippen molar-refractivity contribution < 1.29 is 8.39 Å². The van der Waals surface area contributed by atoms with Gasteiger partial charge in [-0.15, -0.1) is 0 Å². The quantitative estimate of drug-likeness (QED) is 0.796. The molecule has 1 aliphatic heterocycles. The van der Waals surface area contributed by atoms with Crippen molar-refractivity contribution in [3.05, 3.63) is 29.8 Å². The highest BCUT2D eigenvalue weighted by Gasteiger charge is 2.27. The molecule has 0 spiro atoms. The Balaban J connectivity index is 2.37. The van der Waals surface area contributed by atoms with Crippen LogP contribution in [0.4, 0.5) is 0 Å². The molecule has 0 saturated carbocycles. The maximum absolute atomic E-state index is 12.4. The van der Waals surface area contributed by atoms with Gasteiger partial charge in [-0.25, -0.2) is 8.57 Å². The van der Waals surface area contributed by atoms with Crippen LogP contribution in [0.3, 0.4) is 0 Å². The average Bonchev–Trinajstić information content (AvgIpc) is 2.63. The summed E-state index contributed by atoms with van der Waals surface area (Å²) in [6.07, 6.45) is 0. The summed E-state index contributed by atoms with van der Waals surface area (Å²) < 4.78 is 22.2. The zero-order valence-corrected chi connectivity index (χ0v) is 10.7. The van der Waals surface area contributed by atoms with Crippen LogP contribution in [0.25, 0.3) is 0 Å². The maximum atomic E-state index is 12.4. The lowest BCUT2D eigenvalue weighted by Gasteiger charge is -2.06. The highest BCUT2D eigenvalue weighted by molar-refractivity contribution is 7.89. The minimum Gasteiger partial charge on any atom is -0.279 e. The molecule has 1 unspecified atom stereocenters. The minimum absolute atomic E-state index is 0.0498. The number of nitrogens with zero attached hydrogens (tertiary/aromatic N) is 1. The van der Waals surface area contributed by atoms with Crippen LogP contribution in [-0.2, 0) is 14.2 Å². The van der Waals surface area contributed by atoms with Gasteiger partial charge in [-0.05, 0) is 25.0 Å². The second-order valence-corrected chi connectivity index (χ2v) is 6.36. The molecule has 0 amide bonds. The number of hydrogen-bond donors (Lipinski definition) is 0. The van der Waals surface area contributed by atoms with Crippen LogP contribution < -0.4 is 0 Å². The van der Waals surface area contributed by atoms with E-state index in [1.807, 2.05) is 31.2 Å². The van der Waals surface area contributed by atoms with Crippen molar-refractivity contribution in [1.29, 1.82) is 0 Å². The predicted molar refractivity (Wildman–Crippen MR) is 64.6 cm³/mol. The van der Waals surface area contributed by atoms with Gasteiger partial charge in [0.1, 0.15) is 0 Å². The molecule has 0 aromatic heterocycles. The third-order valence-corrected chi connectivity index (χ3v) is 4.63. The molecule has 1 aromatic carbocycles. The van der Waals surface area contributed by atoms with Gasteiger partial charge in [-0.3, -0.25) is 4.18 Å². The normalized spacial score (nSPS) is 29.4. The van der Waals surface area contributed by atoms with E-state index in [4.69, 9.17) is 4.18 Å². The van der Waals surface area contributed by atoms with Crippen LogP contribution in [0, 0.1) is 12.8 Å². The summed E-state index contributed by atoms with van der Waals surface area (Å²) in [4.78, 5) is 0.682. The lowest BCUT2D eigenvalue weighted by molar-refractivity contribution is 0.312. The molecule has 2 rings (SSSR count). The molecule has 4 heteroatoms. The zero-order valence-electron chi connectivity index (χ0n) is 9.84. The standard InChI is InChI=1S/C12H17NO2S/c1-9(2)12-8-15-16(14,13-12)11-6-4-10(3)5-7-11/h4-7,9,12H,8H2,1-3H3/t12-,16?/m0/s1. The van der Waals surface area contributed by atoms with Crippen LogP contribution in [0.5, 0.6) is 0 Å². The summed E-state index contributed by atoms with van der Waals surface area (Å²) in [6.45, 7) is 6.60. The second-order valence-electron chi connectivity index (χ2n) is 4.49. The first kappa shape index (κ1) is 11.6. The molecular formula is C12H17NO2S. The molecule has 1 heterocycles. The van der Waals surface area contributed by atoms with Crippen molar-refractivity contribution in [2.45, 2.75) is 31.7 Å². The smallest absolute Gasteiger partial charge is 0.193 e. The van der Waals surface area contributed by atoms with E-state index < -0.39 is 10.0 Å². The summed E-state index contributed by atoms with van der Waals surface area (Å²) in [5.74, 6) is 0.369. The monoisotopic (exact) mass is 239 g/mol. The first-order valence-corrected chi connectivity index (χ1v) is 6.92. The Labute approximate surface area is 97.2 Å². The van der Waals surface area contributed by atoms with E-state index in [9.17, 15) is 4.21 Å². The van der Waals surface area contributed by atoms with Crippen molar-refractivity contribution >= 4 is 10.0 Å². The third kappa shape index (κ3) is 2.13. The van der Waals surface area contributed by atoms with Crippen LogP contribution in [0.15, 0.2) is 33.5 Å². The Morgan fingerprint density at radius 2 is 2.00 bits per heavy atom. The summed E-state index contributed by atoms with van der Waals surface area (Å²) >= 11 is 0. The molecular weight excluding hydrogens is 222 g/mol. The van der Waals surface area contributed by atoms with Crippen LogP contribution in [-0.4, -0.2) is 16.9 Å². The number of hydrogen-bond acceptors (Lipinski definition) is 3. The largest absolute Gasteiger partial charge is 0.279 e. The van der Waals surface area contributed by atoms with E-state index in [1.165, 1.54) is 0 Å². The van der Waals surface area contributed by atoms with E-state index in [-0.39, 0.29) is 6.04 Å². The highest BCUT2D eigenvalue weighted by atomic mass is 32.2. The van der Waals surface area contributed by atoms with E-state index in [0.717, 1.165) is 5.56 Å². The summed E-state index contributed by atoms with van der Waals surface area (Å²) in [7, 11) is -2.62. The van der Waals surface area contributed by atoms with Gasteiger partial charge < -0.3 is 0 Å². The fraction of sp³-hybridized carbons (Fsp3) is 0.500. The third-order valence-electron chi connectivity index (χ3n) is 2.76. The van der Waals surface area contributed by atoms with E-state index in [0.29, 0.717) is 17.4 Å². The molecule has 88 valence electrons. The average molecular weight is 239 g/mol. The van der Waals surface area contributed by atoms with Crippen LogP contribution in [0.1, 0.15) is 19.4 Å². The summed E-state index contributed by atoms with van der Waals surface area (Å²) in [5.41, 5.74) is 1.14. The summed E-state index contributed by atoms with van der Waals surface area (Å²) in [5, 5.41) is 0. The molecule has 0 N–H and O–H groups in total. The Morgan fingerprint density at radius 1 is 1.38 bits per heavy atom. The molecule has 2 atom stereocenters. The highest BCUT2D eigenvalue weighted by Crippen LogP contribution is 2.25. The van der Waals surface area contributed by atoms with Gasteiger partial charge in [0.15, 0.2) is 10.0 Å². The molecule has 0 aliphatic carbocycles. The lowest BCUT2D eigenvalue weighted by atomic mass is 10.1. The van der Waals surface area contributed by atoms with Gasteiger partial charge in [0.2, 0.25) is 0 Å². The fourth-order valence-electron chi connectivity index (χ4n) is 1.55. The molecule has 1 aliphatic rings. The Hall–Kier alpha value is -0.870. The Kier molecular flexibility index (Phi) is 3.04. The topological polar surface area (TPSA) is 38.7 Å². The van der Waals surface area contributed by atoms with Gasteiger partial charge in [0, 0.05) is 0 Å². The number of benzene rings is 1. The number of rotatable bonds is 2. The first-order chi connectivity index (χ1) is 7.51. The second kappa shape index (κ2) is 4.18. The van der Waals surface area contributed by atoms with Gasteiger partial charge >= 0.3 is 0 Å². The lowest BCUT2D eigenvalue weighted by Crippen LogP contribution is -2.13. The van der Waals surface area contributed by atoms with E-state index in [2.05, 4.69) is 18.2 Å². The van der Waals surface area contributed by atoms with E-state index >= 15 is 0 Å². The Morgan fingerprint density at radius 3 is 2.50 bits per heavy atom. The summed E-state index contributed by atoms with van der Waals surface area (Å²) in [6, 6.07) is 7.59. The van der Waals surface area contributed by atoms with Gasteiger partial charge in [0.05, 0.1) is 17.5 Å². The molecule has 16 heavy (non-hydrogen) atoms. The number of aryl methyl sites for hydroxylation is 1. The van der Waals surface area contributed by atoms with Crippen molar-refractivity contribution in [3.8, 4) is 0 Å². The fourth-order valence-corrected chi connectivity index (χ4v) is 3.34.